The number of hydrogen-bond acceptors (Lipinski definition) is 12. The van der Waals surface area contributed by atoms with Crippen LogP contribution in [-0.4, -0.2) is 82.2 Å². The van der Waals surface area contributed by atoms with Gasteiger partial charge in [0.1, 0.15) is 29.0 Å². The highest BCUT2D eigenvalue weighted by molar-refractivity contribution is 5.76. The highest BCUT2D eigenvalue weighted by Crippen LogP contribution is 2.88. The van der Waals surface area contributed by atoms with Crippen LogP contribution in [0.25, 0.3) is 0 Å². The summed E-state index contributed by atoms with van der Waals surface area (Å²) in [5.41, 5.74) is -8.23. The van der Waals surface area contributed by atoms with Crippen molar-refractivity contribution in [3.8, 4) is 0 Å². The van der Waals surface area contributed by atoms with Gasteiger partial charge in [-0.2, -0.15) is 0 Å². The Bertz CT molecular complexity index is 1380. The van der Waals surface area contributed by atoms with Crippen molar-refractivity contribution in [2.75, 3.05) is 14.2 Å². The van der Waals surface area contributed by atoms with Gasteiger partial charge < -0.3 is 43.4 Å². The van der Waals surface area contributed by atoms with Gasteiger partial charge in [0.2, 0.25) is 5.79 Å². The Labute approximate surface area is 242 Å². The van der Waals surface area contributed by atoms with E-state index in [0.29, 0.717) is 18.4 Å². The largest absolute Gasteiger partial charge is 0.472 e. The highest BCUT2D eigenvalue weighted by Gasteiger charge is 3.00. The summed E-state index contributed by atoms with van der Waals surface area (Å²) >= 11 is 0. The van der Waals surface area contributed by atoms with Crippen molar-refractivity contribution in [2.45, 2.75) is 94.3 Å². The van der Waals surface area contributed by atoms with Gasteiger partial charge >= 0.3 is 17.9 Å². The van der Waals surface area contributed by atoms with E-state index in [1.165, 1.54) is 26.6 Å². The SMILES string of the molecule is COC(=O)[C@H](O)[C@H]1[C@@]2(C)C[C@]3(OC(C)=O)C4[C@@](OC)(O[C@]56CC(=O)O[C@@H](c7ccoc7)[C@]5(C)CC[C@H]([C@]13C)[C@]46O)[C@H]2O. The van der Waals surface area contributed by atoms with Gasteiger partial charge in [0.25, 0.3) is 0 Å². The predicted molar refractivity (Wildman–Crippen MR) is 138 cm³/mol. The minimum absolute atomic E-state index is 0.0102. The first-order valence-electron chi connectivity index (χ1n) is 14.4. The van der Waals surface area contributed by atoms with Crippen LogP contribution < -0.4 is 0 Å². The summed E-state index contributed by atoms with van der Waals surface area (Å²) in [6.07, 6.45) is -0.776. The van der Waals surface area contributed by atoms with Crippen LogP contribution in [0.15, 0.2) is 23.0 Å². The molecule has 42 heavy (non-hydrogen) atoms. The number of hydrogen-bond donors (Lipinski definition) is 3. The van der Waals surface area contributed by atoms with Crippen molar-refractivity contribution >= 4 is 17.9 Å². The molecule has 4 aliphatic carbocycles. The number of ether oxygens (including phenoxy) is 5. The maximum Gasteiger partial charge on any atom is 0.335 e. The first-order valence-corrected chi connectivity index (χ1v) is 14.4. The van der Waals surface area contributed by atoms with Crippen molar-refractivity contribution in [3.05, 3.63) is 24.2 Å². The first-order chi connectivity index (χ1) is 19.6. The smallest absolute Gasteiger partial charge is 0.335 e. The van der Waals surface area contributed by atoms with Gasteiger partial charge in [-0.3, -0.25) is 9.59 Å². The summed E-state index contributed by atoms with van der Waals surface area (Å²) in [5, 5.41) is 37.5. The van der Waals surface area contributed by atoms with Gasteiger partial charge in [-0.1, -0.05) is 20.8 Å². The number of rotatable bonds is 5. The van der Waals surface area contributed by atoms with Gasteiger partial charge in [0.05, 0.1) is 32.0 Å². The molecule has 0 amide bonds. The minimum Gasteiger partial charge on any atom is -0.472 e. The van der Waals surface area contributed by atoms with Crippen LogP contribution >= 0.6 is 0 Å². The molecule has 12 heteroatoms. The molecule has 1 spiro atoms. The average Bonchev–Trinajstić information content (AvgIpc) is 3.61. The second-order valence-electron chi connectivity index (χ2n) is 14.0. The van der Waals surface area contributed by atoms with E-state index in [-0.39, 0.29) is 12.8 Å². The molecule has 13 atom stereocenters. The molecule has 230 valence electrons. The molecule has 1 aromatic heterocycles. The van der Waals surface area contributed by atoms with E-state index in [0.717, 1.165) is 7.11 Å². The molecule has 2 aliphatic heterocycles. The molecule has 6 aliphatic rings. The van der Waals surface area contributed by atoms with Gasteiger partial charge in [-0.05, 0) is 25.3 Å². The topological polar surface area (TPSA) is 171 Å². The lowest BCUT2D eigenvalue weighted by molar-refractivity contribution is -0.369. The predicted octanol–water partition coefficient (Wildman–Crippen LogP) is 1.40. The maximum absolute atomic E-state index is 13.5. The molecule has 4 saturated carbocycles. The third kappa shape index (κ3) is 2.53. The Balaban J connectivity index is 1.57. The van der Waals surface area contributed by atoms with Crippen LogP contribution in [-0.2, 0) is 38.1 Å². The molecule has 6 fully saturated rings. The van der Waals surface area contributed by atoms with Crippen molar-refractivity contribution in [2.24, 2.45) is 34.0 Å². The van der Waals surface area contributed by atoms with Crippen LogP contribution in [0.2, 0.25) is 0 Å². The zero-order chi connectivity index (χ0) is 30.5. The monoisotopic (exact) mass is 590 g/mol. The number of carbonyl (C=O) groups is 3. The maximum atomic E-state index is 13.5. The van der Waals surface area contributed by atoms with Crippen molar-refractivity contribution in [1.82, 2.24) is 0 Å². The average molecular weight is 591 g/mol. The summed E-state index contributed by atoms with van der Waals surface area (Å²) in [4.78, 5) is 39.5. The lowest BCUT2D eigenvalue weighted by Gasteiger charge is -2.63. The number of aliphatic hydroxyl groups is 3. The Kier molecular flexibility index (Phi) is 5.35. The zero-order valence-corrected chi connectivity index (χ0v) is 24.5. The molecule has 7 rings (SSSR count). The minimum atomic E-state index is -1.98. The lowest BCUT2D eigenvalue weighted by Crippen LogP contribution is -2.73. The molecule has 1 unspecified atom stereocenters. The summed E-state index contributed by atoms with van der Waals surface area (Å²) in [5.74, 6) is -7.14. The molecule has 12 nitrogen and oxygen atoms in total. The van der Waals surface area contributed by atoms with Gasteiger partial charge in [0.15, 0.2) is 6.10 Å². The molecular formula is C30H38O12. The lowest BCUT2D eigenvalue weighted by atomic mass is 9.45. The molecule has 3 N–H and O–H groups in total. The summed E-state index contributed by atoms with van der Waals surface area (Å²) < 4.78 is 35.7. The molecule has 2 bridgehead atoms. The van der Waals surface area contributed by atoms with E-state index in [2.05, 4.69) is 0 Å². The van der Waals surface area contributed by atoms with Crippen LogP contribution in [0.1, 0.15) is 65.0 Å². The third-order valence-corrected chi connectivity index (χ3v) is 12.8. The molecule has 2 saturated heterocycles. The summed E-state index contributed by atoms with van der Waals surface area (Å²) in [6.45, 7) is 6.67. The quantitative estimate of drug-likeness (QED) is 0.333. The van der Waals surface area contributed by atoms with Crippen molar-refractivity contribution < 1.29 is 57.8 Å². The number of aliphatic hydroxyl groups excluding tert-OH is 2. The fourth-order valence-corrected chi connectivity index (χ4v) is 11.8. The van der Waals surface area contributed by atoms with Gasteiger partial charge in [-0.15, -0.1) is 0 Å². The van der Waals surface area contributed by atoms with Crippen LogP contribution in [0.4, 0.5) is 0 Å². The van der Waals surface area contributed by atoms with E-state index in [9.17, 15) is 29.7 Å². The van der Waals surface area contributed by atoms with Crippen LogP contribution in [0.5, 0.6) is 0 Å². The standard InChI is InChI=1S/C30H38O12/c1-14(31)41-27-13-24(2)19(18(33)21(34)37-5)26(27,4)16-7-9-25(3)20(15-8-10-39-12-15)40-17(32)11-28(25)29(16,36)22(27)30(38-6,42-28)23(24)35/h8,10,12,16,18-20,22-23,33,35-36H,7,9,11,13H2,1-6H3/t16-,18-,19+,20+,22?,23+,24-,25+,26-,27+,28-,29+,30-/m1/s1. The second kappa shape index (κ2) is 7.95. The number of methoxy groups -OCH3 is 2. The van der Waals surface area contributed by atoms with Crippen molar-refractivity contribution in [3.63, 3.8) is 0 Å². The van der Waals surface area contributed by atoms with Crippen molar-refractivity contribution in [1.29, 1.82) is 0 Å². The second-order valence-corrected chi connectivity index (χ2v) is 14.0. The summed E-state index contributed by atoms with van der Waals surface area (Å²) in [6, 6.07) is 1.70. The molecule has 0 radical (unpaired) electrons. The zero-order valence-electron chi connectivity index (χ0n) is 24.5. The Morgan fingerprint density at radius 2 is 1.90 bits per heavy atom. The van der Waals surface area contributed by atoms with E-state index < -0.39 is 92.8 Å². The molecule has 1 aromatic rings. The molecule has 3 heterocycles. The van der Waals surface area contributed by atoms with Crippen LogP contribution in [0, 0.1) is 34.0 Å². The van der Waals surface area contributed by atoms with Crippen LogP contribution in [0.3, 0.4) is 0 Å². The molecule has 0 aromatic carbocycles. The number of carbonyl (C=O) groups excluding carboxylic acids is 3. The van der Waals surface area contributed by atoms with E-state index in [1.54, 1.807) is 13.0 Å². The van der Waals surface area contributed by atoms with Gasteiger partial charge in [0, 0.05) is 47.7 Å². The highest BCUT2D eigenvalue weighted by atomic mass is 16.7. The fraction of sp³-hybridized carbons (Fsp3) is 0.767. The third-order valence-electron chi connectivity index (χ3n) is 12.8. The number of esters is 3. The first kappa shape index (κ1) is 28.3. The Morgan fingerprint density at radius 3 is 2.50 bits per heavy atom. The number of furan rings is 1. The Hall–Kier alpha value is -2.51. The fourth-order valence-electron chi connectivity index (χ4n) is 11.8. The molecular weight excluding hydrogens is 552 g/mol. The normalized spacial score (nSPS) is 53.7. The Morgan fingerprint density at radius 1 is 1.19 bits per heavy atom. The number of fused-ring (bicyclic) bond motifs is 2. The van der Waals surface area contributed by atoms with E-state index in [4.69, 9.17) is 28.1 Å². The van der Waals surface area contributed by atoms with E-state index >= 15 is 0 Å². The number of cyclic esters (lactones) is 1. The summed E-state index contributed by atoms with van der Waals surface area (Å²) in [7, 11) is 2.51. The van der Waals surface area contributed by atoms with E-state index in [1.807, 2.05) is 13.8 Å². The van der Waals surface area contributed by atoms with Gasteiger partial charge in [-0.25, -0.2) is 4.79 Å².